The fraction of sp³-hybridized carbons (Fsp3) is 0. The standard InChI is InChI=1S/C24H16ClN5O2S/c25-15-7-5-13(6-8-15)19-10-17(16-3-1-2-4-18(16)28-19)23(32)30-24-29-21(12-33-24)14-9-20(22(26)31)27-11-14/h1-12,27H,(H2,26,31)(H,29,30,32). The van der Waals surface area contributed by atoms with E-state index in [2.05, 4.69) is 15.3 Å². The second kappa shape index (κ2) is 8.50. The molecule has 0 atom stereocenters. The summed E-state index contributed by atoms with van der Waals surface area (Å²) in [5.41, 5.74) is 9.64. The number of primary amides is 1. The first-order valence-electron chi connectivity index (χ1n) is 9.89. The van der Waals surface area contributed by atoms with Crippen molar-refractivity contribution >= 4 is 50.8 Å². The highest BCUT2D eigenvalue weighted by molar-refractivity contribution is 7.14. The van der Waals surface area contributed by atoms with Gasteiger partial charge in [-0.2, -0.15) is 0 Å². The summed E-state index contributed by atoms with van der Waals surface area (Å²) in [4.78, 5) is 36.5. The Morgan fingerprint density at radius 2 is 1.76 bits per heavy atom. The van der Waals surface area contributed by atoms with Gasteiger partial charge in [-0.15, -0.1) is 11.3 Å². The Kier molecular flexibility index (Phi) is 5.37. The third-order valence-electron chi connectivity index (χ3n) is 5.07. The van der Waals surface area contributed by atoms with Gasteiger partial charge in [0, 0.05) is 33.1 Å². The van der Waals surface area contributed by atoms with Crippen molar-refractivity contribution in [3.05, 3.63) is 88.5 Å². The smallest absolute Gasteiger partial charge is 0.265 e. The maximum atomic E-state index is 13.2. The predicted octanol–water partition coefficient (Wildman–Crippen LogP) is 5.36. The Morgan fingerprint density at radius 1 is 0.970 bits per heavy atom. The number of para-hydroxylation sites is 1. The lowest BCUT2D eigenvalue weighted by molar-refractivity contribution is 0.0994. The zero-order chi connectivity index (χ0) is 22.9. The molecule has 0 saturated heterocycles. The van der Waals surface area contributed by atoms with Gasteiger partial charge in [0.25, 0.3) is 11.8 Å². The number of aromatic amines is 1. The highest BCUT2D eigenvalue weighted by Gasteiger charge is 2.16. The molecule has 33 heavy (non-hydrogen) atoms. The van der Waals surface area contributed by atoms with Gasteiger partial charge in [-0.1, -0.05) is 41.9 Å². The van der Waals surface area contributed by atoms with E-state index >= 15 is 0 Å². The van der Waals surface area contributed by atoms with Gasteiger partial charge < -0.3 is 10.7 Å². The fourth-order valence-electron chi connectivity index (χ4n) is 3.44. The van der Waals surface area contributed by atoms with Crippen LogP contribution in [0.25, 0.3) is 33.4 Å². The lowest BCUT2D eigenvalue weighted by Crippen LogP contribution is -2.13. The number of halogens is 1. The number of H-pyrrole nitrogens is 1. The van der Waals surface area contributed by atoms with E-state index in [1.807, 2.05) is 36.4 Å². The van der Waals surface area contributed by atoms with Crippen molar-refractivity contribution < 1.29 is 9.59 Å². The minimum Gasteiger partial charge on any atom is -0.364 e. The summed E-state index contributed by atoms with van der Waals surface area (Å²) in [7, 11) is 0. The van der Waals surface area contributed by atoms with Gasteiger partial charge >= 0.3 is 0 Å². The molecule has 0 unspecified atom stereocenters. The molecule has 162 valence electrons. The number of rotatable bonds is 5. The van der Waals surface area contributed by atoms with Crippen molar-refractivity contribution in [1.82, 2.24) is 15.0 Å². The van der Waals surface area contributed by atoms with Crippen molar-refractivity contribution in [2.45, 2.75) is 0 Å². The Morgan fingerprint density at radius 3 is 2.52 bits per heavy atom. The first kappa shape index (κ1) is 20.9. The monoisotopic (exact) mass is 473 g/mol. The van der Waals surface area contributed by atoms with Crippen LogP contribution in [0, 0.1) is 0 Å². The molecule has 5 aromatic rings. The summed E-state index contributed by atoms with van der Waals surface area (Å²) in [6.45, 7) is 0. The summed E-state index contributed by atoms with van der Waals surface area (Å²) >= 11 is 7.30. The summed E-state index contributed by atoms with van der Waals surface area (Å²) in [6.07, 6.45) is 1.65. The van der Waals surface area contributed by atoms with Crippen LogP contribution >= 0.6 is 22.9 Å². The predicted molar refractivity (Wildman–Crippen MR) is 131 cm³/mol. The van der Waals surface area contributed by atoms with Gasteiger partial charge in [0.2, 0.25) is 0 Å². The normalized spacial score (nSPS) is 10.9. The molecular formula is C24H16ClN5O2S. The van der Waals surface area contributed by atoms with Crippen molar-refractivity contribution in [2.24, 2.45) is 5.73 Å². The van der Waals surface area contributed by atoms with E-state index in [4.69, 9.17) is 22.3 Å². The van der Waals surface area contributed by atoms with Gasteiger partial charge in [-0.3, -0.25) is 14.9 Å². The van der Waals surface area contributed by atoms with Gasteiger partial charge in [0.05, 0.1) is 22.5 Å². The Labute approximate surface area is 197 Å². The Bertz CT molecular complexity index is 1510. The first-order valence-corrected chi connectivity index (χ1v) is 11.1. The van der Waals surface area contributed by atoms with Crippen LogP contribution < -0.4 is 11.1 Å². The van der Waals surface area contributed by atoms with E-state index in [-0.39, 0.29) is 5.91 Å². The minimum atomic E-state index is -0.550. The van der Waals surface area contributed by atoms with Crippen LogP contribution in [0.15, 0.2) is 72.2 Å². The topological polar surface area (TPSA) is 114 Å². The molecule has 2 aromatic carbocycles. The molecule has 0 aliphatic rings. The van der Waals surface area contributed by atoms with Gasteiger partial charge in [0.15, 0.2) is 5.13 Å². The second-order valence-corrected chi connectivity index (χ2v) is 8.53. The van der Waals surface area contributed by atoms with E-state index in [9.17, 15) is 9.59 Å². The third-order valence-corrected chi connectivity index (χ3v) is 6.08. The fourth-order valence-corrected chi connectivity index (χ4v) is 4.29. The number of nitrogens with zero attached hydrogens (tertiary/aromatic N) is 2. The first-order chi connectivity index (χ1) is 16.0. The molecule has 0 fully saturated rings. The lowest BCUT2D eigenvalue weighted by atomic mass is 10.0. The number of aromatic nitrogens is 3. The number of carbonyl (C=O) groups excluding carboxylic acids is 2. The number of nitrogens with one attached hydrogen (secondary N) is 2. The number of anilines is 1. The van der Waals surface area contributed by atoms with Crippen molar-refractivity contribution in [1.29, 1.82) is 0 Å². The molecule has 9 heteroatoms. The number of fused-ring (bicyclic) bond motifs is 1. The quantitative estimate of drug-likeness (QED) is 0.319. The van der Waals surface area contributed by atoms with Crippen LogP contribution in [-0.4, -0.2) is 26.8 Å². The van der Waals surface area contributed by atoms with E-state index < -0.39 is 5.91 Å². The number of nitrogens with two attached hydrogens (primary N) is 1. The highest BCUT2D eigenvalue weighted by Crippen LogP contribution is 2.29. The van der Waals surface area contributed by atoms with Gasteiger partial charge in [-0.05, 0) is 30.3 Å². The van der Waals surface area contributed by atoms with Crippen LogP contribution in [0.1, 0.15) is 20.8 Å². The maximum Gasteiger partial charge on any atom is 0.265 e. The van der Waals surface area contributed by atoms with E-state index in [0.29, 0.717) is 43.9 Å². The zero-order valence-electron chi connectivity index (χ0n) is 17.0. The number of benzene rings is 2. The molecule has 3 heterocycles. The largest absolute Gasteiger partial charge is 0.364 e. The molecule has 3 aromatic heterocycles. The lowest BCUT2D eigenvalue weighted by Gasteiger charge is -2.10. The molecule has 7 nitrogen and oxygen atoms in total. The number of carbonyl (C=O) groups is 2. The molecule has 0 saturated carbocycles. The van der Waals surface area contributed by atoms with Crippen LogP contribution in [0.2, 0.25) is 5.02 Å². The zero-order valence-corrected chi connectivity index (χ0v) is 18.6. The molecule has 2 amide bonds. The third kappa shape index (κ3) is 4.21. The molecule has 5 rings (SSSR count). The van der Waals surface area contributed by atoms with Crippen molar-refractivity contribution in [2.75, 3.05) is 5.32 Å². The molecule has 0 aliphatic heterocycles. The minimum absolute atomic E-state index is 0.293. The molecule has 4 N–H and O–H groups in total. The van der Waals surface area contributed by atoms with E-state index in [1.54, 1.807) is 35.8 Å². The Hall–Kier alpha value is -4.01. The van der Waals surface area contributed by atoms with Gasteiger partial charge in [0.1, 0.15) is 5.69 Å². The summed E-state index contributed by atoms with van der Waals surface area (Å²) in [5.74, 6) is -0.845. The van der Waals surface area contributed by atoms with Crippen molar-refractivity contribution in [3.8, 4) is 22.5 Å². The van der Waals surface area contributed by atoms with Gasteiger partial charge in [-0.25, -0.2) is 9.97 Å². The number of amides is 2. The number of thiazole rings is 1. The number of hydrogen-bond donors (Lipinski definition) is 3. The summed E-state index contributed by atoms with van der Waals surface area (Å²) < 4.78 is 0. The van der Waals surface area contributed by atoms with Crippen LogP contribution in [-0.2, 0) is 0 Å². The summed E-state index contributed by atoms with van der Waals surface area (Å²) in [5, 5.41) is 6.47. The number of hydrogen-bond acceptors (Lipinski definition) is 5. The average molecular weight is 474 g/mol. The number of pyridine rings is 1. The molecule has 0 spiro atoms. The molecule has 0 bridgehead atoms. The molecule has 0 aliphatic carbocycles. The van der Waals surface area contributed by atoms with Crippen molar-refractivity contribution in [3.63, 3.8) is 0 Å². The maximum absolute atomic E-state index is 13.2. The van der Waals surface area contributed by atoms with E-state index in [1.165, 1.54) is 11.3 Å². The van der Waals surface area contributed by atoms with Crippen LogP contribution in [0.3, 0.4) is 0 Å². The van der Waals surface area contributed by atoms with Crippen LogP contribution in [0.4, 0.5) is 5.13 Å². The molecule has 0 radical (unpaired) electrons. The Balaban J connectivity index is 1.47. The average Bonchev–Trinajstić information content (AvgIpc) is 3.49. The summed E-state index contributed by atoms with van der Waals surface area (Å²) in [6, 6.07) is 18.2. The second-order valence-electron chi connectivity index (χ2n) is 7.24. The highest BCUT2D eigenvalue weighted by atomic mass is 35.5. The molecular weight excluding hydrogens is 458 g/mol. The SMILES string of the molecule is NC(=O)c1cc(-c2csc(NC(=O)c3cc(-c4ccc(Cl)cc4)nc4ccccc34)n2)c[nH]1. The van der Waals surface area contributed by atoms with Crippen LogP contribution in [0.5, 0.6) is 0 Å². The van der Waals surface area contributed by atoms with E-state index in [0.717, 1.165) is 10.9 Å².